The number of fused-ring (bicyclic) bond motifs is 1. The quantitative estimate of drug-likeness (QED) is 0.114. The smallest absolute Gasteiger partial charge is 0.545 e. The molecule has 1 aromatic rings. The number of aliphatic hydroxyl groups is 1. The fraction of sp³-hybridized carbons (Fsp3) is 0.480. The Kier molecular flexibility index (Phi) is 10.7. The van der Waals surface area contributed by atoms with Crippen molar-refractivity contribution in [1.29, 1.82) is 0 Å². The number of esters is 1. The normalized spacial score (nSPS) is 25.8. The summed E-state index contributed by atoms with van der Waals surface area (Å²) >= 11 is 1.34. The molecule has 0 aliphatic carbocycles. The molecule has 0 bridgehead atoms. The third kappa shape index (κ3) is 6.47. The summed E-state index contributed by atoms with van der Waals surface area (Å²) in [5.41, 5.74) is 0.284. The number of carbonyl (C=O) groups excluding carboxylic acids is 5. The number of carbonyl (C=O) groups is 5. The molecule has 0 saturated carbocycles. The SMILES string of the molecule is COC(=O)OCOC(=O)C1=C(S[C@@H]2CN[C@H](C(=O)Nc3cccc(C(=O)[O-])c3)C2)[C@H](C)[C@@H]2[C@@H]([C@@H](C)O)C(=O)N12.[Na+]. The summed E-state index contributed by atoms with van der Waals surface area (Å²) in [5, 5.41) is 26.9. The van der Waals surface area contributed by atoms with Gasteiger partial charge < -0.3 is 44.8 Å². The number of thioether (sulfide) groups is 1. The van der Waals surface area contributed by atoms with Gasteiger partial charge in [0.2, 0.25) is 18.6 Å². The van der Waals surface area contributed by atoms with Gasteiger partial charge in [-0.3, -0.25) is 9.59 Å². The molecule has 3 aliphatic rings. The number of nitrogens with one attached hydrogen (secondary N) is 2. The number of hydrogen-bond acceptors (Lipinski definition) is 12. The summed E-state index contributed by atoms with van der Waals surface area (Å²) in [6, 6.07) is 4.71. The second kappa shape index (κ2) is 13.4. The van der Waals surface area contributed by atoms with Gasteiger partial charge >= 0.3 is 41.7 Å². The summed E-state index contributed by atoms with van der Waals surface area (Å²) in [5.74, 6) is -3.94. The molecule has 3 N–H and O–H groups in total. The second-order valence-electron chi connectivity index (χ2n) is 9.41. The molecular weight excluding hydrogens is 557 g/mol. The zero-order chi connectivity index (χ0) is 28.4. The molecule has 2 saturated heterocycles. The van der Waals surface area contributed by atoms with Crippen LogP contribution in [0.4, 0.5) is 10.5 Å². The molecule has 15 heteroatoms. The minimum absolute atomic E-state index is 0. The first-order valence-electron chi connectivity index (χ1n) is 12.2. The number of β-lactam (4-membered cyclic amide) rings is 1. The van der Waals surface area contributed by atoms with Crippen molar-refractivity contribution in [2.75, 3.05) is 25.8 Å². The largest absolute Gasteiger partial charge is 1.00 e. The van der Waals surface area contributed by atoms with Crippen molar-refractivity contribution in [3.8, 4) is 0 Å². The average Bonchev–Trinajstić information content (AvgIpc) is 3.45. The molecule has 4 rings (SSSR count). The van der Waals surface area contributed by atoms with Crippen LogP contribution < -0.4 is 45.3 Å². The van der Waals surface area contributed by atoms with Crippen molar-refractivity contribution < 1.29 is 78.0 Å². The number of ether oxygens (including phenoxy) is 3. The molecule has 40 heavy (non-hydrogen) atoms. The monoisotopic (exact) mass is 585 g/mol. The summed E-state index contributed by atoms with van der Waals surface area (Å²) in [6.45, 7) is 3.08. The molecule has 0 unspecified atom stereocenters. The van der Waals surface area contributed by atoms with Crippen LogP contribution in [0.3, 0.4) is 0 Å². The van der Waals surface area contributed by atoms with Gasteiger partial charge in [-0.05, 0) is 31.0 Å². The number of aromatic carboxylic acids is 1. The predicted octanol–water partition coefficient (Wildman–Crippen LogP) is -3.19. The van der Waals surface area contributed by atoms with Gasteiger partial charge in [-0.2, -0.15) is 0 Å². The molecule has 0 spiro atoms. The van der Waals surface area contributed by atoms with Crippen molar-refractivity contribution in [2.45, 2.75) is 43.7 Å². The van der Waals surface area contributed by atoms with E-state index in [1.54, 1.807) is 6.07 Å². The van der Waals surface area contributed by atoms with Crippen molar-refractivity contribution in [3.63, 3.8) is 0 Å². The van der Waals surface area contributed by atoms with Gasteiger partial charge in [-0.15, -0.1) is 11.8 Å². The standard InChI is InChI=1S/C25H29N3O10S.Na/c1-11-18-17(12(2)29)22(31)28(18)19(24(34)37-10-38-25(35)36-3)20(11)39-15-8-16(26-9-15)21(30)27-14-6-4-5-13(7-14)23(32)33;/h4-7,11-12,15-18,26,29H,8-10H2,1-3H3,(H,27,30)(H,32,33);/q;+1/p-1/t11-,12-,15+,16+,17-,18-;/m1./s1. The summed E-state index contributed by atoms with van der Waals surface area (Å²) in [4.78, 5) is 62.8. The first-order valence-corrected chi connectivity index (χ1v) is 13.1. The van der Waals surface area contributed by atoms with E-state index in [2.05, 4.69) is 20.1 Å². The molecule has 210 valence electrons. The van der Waals surface area contributed by atoms with Crippen LogP contribution in [0, 0.1) is 11.8 Å². The van der Waals surface area contributed by atoms with E-state index in [9.17, 15) is 34.2 Å². The molecule has 0 aromatic heterocycles. The van der Waals surface area contributed by atoms with E-state index < -0.39 is 54.9 Å². The van der Waals surface area contributed by atoms with Gasteiger partial charge in [0.1, 0.15) is 5.70 Å². The Labute approximate surface area is 256 Å². The van der Waals surface area contributed by atoms with Crippen molar-refractivity contribution in [1.82, 2.24) is 10.2 Å². The average molecular weight is 586 g/mol. The molecule has 3 aliphatic heterocycles. The summed E-state index contributed by atoms with van der Waals surface area (Å²) < 4.78 is 14.0. The van der Waals surface area contributed by atoms with Crippen LogP contribution in [-0.4, -0.2) is 83.8 Å². The predicted molar refractivity (Wildman–Crippen MR) is 134 cm³/mol. The van der Waals surface area contributed by atoms with Crippen LogP contribution in [0.1, 0.15) is 30.6 Å². The fourth-order valence-corrected chi connectivity index (χ4v) is 6.53. The van der Waals surface area contributed by atoms with E-state index in [0.717, 1.165) is 7.11 Å². The molecular formula is C25H28N3NaO10S. The number of amides is 2. The number of hydrogen-bond donors (Lipinski definition) is 3. The van der Waals surface area contributed by atoms with Crippen LogP contribution in [0.15, 0.2) is 34.9 Å². The van der Waals surface area contributed by atoms with Gasteiger partial charge in [-0.25, -0.2) is 9.59 Å². The van der Waals surface area contributed by atoms with Crippen molar-refractivity contribution in [3.05, 3.63) is 40.4 Å². The number of anilines is 1. The Morgan fingerprint density at radius 1 is 1.27 bits per heavy atom. The molecule has 2 fully saturated rings. The van der Waals surface area contributed by atoms with Gasteiger partial charge in [0, 0.05) is 28.3 Å². The van der Waals surface area contributed by atoms with Gasteiger partial charge in [-0.1, -0.05) is 19.1 Å². The first kappa shape index (κ1) is 31.9. The van der Waals surface area contributed by atoms with Crippen molar-refractivity contribution >= 4 is 47.4 Å². The Morgan fingerprint density at radius 3 is 2.65 bits per heavy atom. The molecule has 3 heterocycles. The van der Waals surface area contributed by atoms with E-state index in [1.807, 2.05) is 6.92 Å². The number of aliphatic hydroxyl groups excluding tert-OH is 1. The van der Waals surface area contributed by atoms with E-state index in [4.69, 9.17) is 4.74 Å². The number of benzene rings is 1. The third-order valence-electron chi connectivity index (χ3n) is 6.90. The van der Waals surface area contributed by atoms with Gasteiger partial charge in [0.05, 0.1) is 37.2 Å². The van der Waals surface area contributed by atoms with E-state index in [-0.39, 0.29) is 57.9 Å². The number of nitrogens with zero attached hydrogens (tertiary/aromatic N) is 1. The van der Waals surface area contributed by atoms with E-state index in [0.29, 0.717) is 23.6 Å². The Bertz CT molecular complexity index is 1220. The second-order valence-corrected chi connectivity index (χ2v) is 10.8. The summed E-state index contributed by atoms with van der Waals surface area (Å²) in [7, 11) is 1.10. The minimum Gasteiger partial charge on any atom is -0.545 e. The minimum atomic E-state index is -1.35. The van der Waals surface area contributed by atoms with Crippen LogP contribution in [-0.2, 0) is 28.6 Å². The molecule has 13 nitrogen and oxygen atoms in total. The molecule has 2 amide bonds. The summed E-state index contributed by atoms with van der Waals surface area (Å²) in [6.07, 6.45) is -1.56. The number of carboxylic acids is 1. The molecule has 1 aromatic carbocycles. The Balaban J connectivity index is 0.00000441. The first-order chi connectivity index (χ1) is 18.5. The van der Waals surface area contributed by atoms with E-state index >= 15 is 0 Å². The molecule has 6 atom stereocenters. The maximum atomic E-state index is 13.0. The fourth-order valence-electron chi connectivity index (χ4n) is 5.05. The zero-order valence-corrected chi connectivity index (χ0v) is 25.2. The number of methoxy groups -OCH3 is 1. The number of carboxylic acid groups (broad SMARTS) is 1. The maximum absolute atomic E-state index is 13.0. The van der Waals surface area contributed by atoms with Crippen LogP contribution >= 0.6 is 11.8 Å². The van der Waals surface area contributed by atoms with Crippen LogP contribution in [0.25, 0.3) is 0 Å². The maximum Gasteiger partial charge on any atom is 1.00 e. The topological polar surface area (TPSA) is 184 Å². The van der Waals surface area contributed by atoms with Crippen LogP contribution in [0.5, 0.6) is 0 Å². The van der Waals surface area contributed by atoms with Crippen LogP contribution in [0.2, 0.25) is 0 Å². The van der Waals surface area contributed by atoms with E-state index in [1.165, 1.54) is 41.8 Å². The number of rotatable bonds is 9. The van der Waals surface area contributed by atoms with Crippen molar-refractivity contribution in [2.24, 2.45) is 11.8 Å². The van der Waals surface area contributed by atoms with Gasteiger partial charge in [0.25, 0.3) is 0 Å². The zero-order valence-electron chi connectivity index (χ0n) is 22.4. The Morgan fingerprint density at radius 2 is 2.00 bits per heavy atom. The third-order valence-corrected chi connectivity index (χ3v) is 8.41. The van der Waals surface area contributed by atoms with Gasteiger partial charge in [0.15, 0.2) is 0 Å². The Hall–Kier alpha value is -2.62. The molecule has 0 radical (unpaired) electrons.